The van der Waals surface area contributed by atoms with Gasteiger partial charge < -0.3 is 24.6 Å². The molecule has 1 aromatic carbocycles. The molecule has 29 heavy (non-hydrogen) atoms. The molecule has 0 saturated carbocycles. The Labute approximate surface area is 174 Å². The van der Waals surface area contributed by atoms with E-state index in [4.69, 9.17) is 4.74 Å². The van der Waals surface area contributed by atoms with E-state index in [1.165, 1.54) is 18.4 Å². The first-order chi connectivity index (χ1) is 13.8. The van der Waals surface area contributed by atoms with Gasteiger partial charge in [0.1, 0.15) is 11.4 Å². The molecule has 0 atom stereocenters. The van der Waals surface area contributed by atoms with Crippen LogP contribution in [0.25, 0.3) is 0 Å². The number of likely N-dealkylation sites (N-methyl/N-ethyl adjacent to an activating group) is 1. The van der Waals surface area contributed by atoms with Crippen molar-refractivity contribution in [3.8, 4) is 5.75 Å². The third kappa shape index (κ3) is 8.41. The number of carbonyl (C=O) groups is 2. The number of benzene rings is 1. The number of carbonyl (C=O) groups excluding carboxylic acids is 2. The molecule has 0 spiro atoms. The number of amides is 1. The van der Waals surface area contributed by atoms with Gasteiger partial charge >= 0.3 is 6.09 Å². The molecule has 0 radical (unpaired) electrons. The zero-order valence-corrected chi connectivity index (χ0v) is 18.1. The minimum atomic E-state index is -0.318. The largest absolute Gasteiger partial charge is 0.462 e. The first-order valence-corrected chi connectivity index (χ1v) is 10.4. The quantitative estimate of drug-likeness (QED) is 0.780. The van der Waals surface area contributed by atoms with Crippen LogP contribution in [0.2, 0.25) is 0 Å². The average molecular weight is 406 g/mol. The van der Waals surface area contributed by atoms with Gasteiger partial charge in [0, 0.05) is 26.2 Å². The predicted molar refractivity (Wildman–Crippen MR) is 113 cm³/mol. The number of nitrogens with one attached hydrogen (secondary N) is 1. The fourth-order valence-corrected chi connectivity index (χ4v) is 3.26. The van der Waals surface area contributed by atoms with Gasteiger partial charge in [0.05, 0.1) is 0 Å². The van der Waals surface area contributed by atoms with Crippen molar-refractivity contribution in [3.63, 3.8) is 0 Å². The average Bonchev–Trinajstić information content (AvgIpc) is 2.69. The van der Waals surface area contributed by atoms with Crippen LogP contribution in [0, 0.1) is 0 Å². The third-order valence-electron chi connectivity index (χ3n) is 5.06. The molecule has 1 amide bonds. The van der Waals surface area contributed by atoms with Gasteiger partial charge in [-0.3, -0.25) is 4.79 Å². The Kier molecular flexibility index (Phi) is 8.92. The van der Waals surface area contributed by atoms with Crippen molar-refractivity contribution in [3.05, 3.63) is 29.8 Å². The first-order valence-electron chi connectivity index (χ1n) is 10.4. The molecule has 0 aromatic heterocycles. The Bertz CT molecular complexity index is 628. The highest BCUT2D eigenvalue weighted by Gasteiger charge is 2.21. The summed E-state index contributed by atoms with van der Waals surface area (Å²) in [5.74, 6) is 1.27. The van der Waals surface area contributed by atoms with E-state index in [-0.39, 0.29) is 11.7 Å². The fourth-order valence-electron chi connectivity index (χ4n) is 3.26. The van der Waals surface area contributed by atoms with Gasteiger partial charge in [0.2, 0.25) is 0 Å². The lowest BCUT2D eigenvalue weighted by Crippen LogP contribution is -2.48. The Morgan fingerprint density at radius 2 is 1.66 bits per heavy atom. The molecule has 2 heterocycles. The summed E-state index contributed by atoms with van der Waals surface area (Å²) in [5, 5.41) is 3.38. The molecular weight excluding hydrogens is 370 g/mol. The summed E-state index contributed by atoms with van der Waals surface area (Å²) < 4.78 is 10.0. The molecule has 2 aliphatic rings. The van der Waals surface area contributed by atoms with Crippen molar-refractivity contribution < 1.29 is 19.1 Å². The lowest BCUT2D eigenvalue weighted by Gasteiger charge is -2.31. The Hall–Kier alpha value is -2.12. The number of ether oxygens (including phenoxy) is 2. The minimum absolute atomic E-state index is 0.234. The number of rotatable bonds is 3. The number of hydrogen-bond donors (Lipinski definition) is 1. The second-order valence-electron chi connectivity index (χ2n) is 8.58. The highest BCUT2D eigenvalue weighted by molar-refractivity contribution is 5.70. The number of piperazine rings is 1. The second-order valence-corrected chi connectivity index (χ2v) is 8.58. The van der Waals surface area contributed by atoms with Crippen LogP contribution >= 0.6 is 0 Å². The van der Waals surface area contributed by atoms with Crippen molar-refractivity contribution >= 4 is 12.6 Å². The van der Waals surface area contributed by atoms with E-state index >= 15 is 0 Å². The van der Waals surface area contributed by atoms with Gasteiger partial charge in [-0.1, -0.05) is 12.1 Å². The van der Waals surface area contributed by atoms with Crippen LogP contribution in [0.1, 0.15) is 45.1 Å². The van der Waals surface area contributed by atoms with Gasteiger partial charge in [-0.25, -0.2) is 4.79 Å². The van der Waals surface area contributed by atoms with Gasteiger partial charge in [-0.15, -0.1) is 0 Å². The normalized spacial score (nSPS) is 18.4. The first kappa shape index (κ1) is 23.2. The van der Waals surface area contributed by atoms with Gasteiger partial charge in [-0.05, 0) is 77.4 Å². The maximum atomic E-state index is 12.1. The second kappa shape index (κ2) is 11.2. The Morgan fingerprint density at radius 3 is 2.14 bits per heavy atom. The summed E-state index contributed by atoms with van der Waals surface area (Å²) in [5.41, 5.74) is 1.03. The molecule has 2 saturated heterocycles. The molecule has 2 aliphatic heterocycles. The smallest absolute Gasteiger partial charge is 0.415 e. The lowest BCUT2D eigenvalue weighted by atomic mass is 9.90. The van der Waals surface area contributed by atoms with E-state index in [2.05, 4.69) is 34.1 Å². The maximum absolute atomic E-state index is 12.1. The third-order valence-corrected chi connectivity index (χ3v) is 5.06. The minimum Gasteiger partial charge on any atom is -0.462 e. The number of nitrogens with zero attached hydrogens (tertiary/aromatic N) is 2. The van der Waals surface area contributed by atoms with Crippen LogP contribution in [0.5, 0.6) is 5.75 Å². The van der Waals surface area contributed by atoms with Crippen LogP contribution in [-0.4, -0.2) is 74.3 Å². The molecule has 0 unspecified atom stereocenters. The van der Waals surface area contributed by atoms with Crippen LogP contribution in [-0.2, 0) is 9.53 Å². The zero-order chi connectivity index (χ0) is 21.3. The van der Waals surface area contributed by atoms with Gasteiger partial charge in [-0.2, -0.15) is 0 Å². The highest BCUT2D eigenvalue weighted by atomic mass is 16.6. The summed E-state index contributed by atoms with van der Waals surface area (Å²) in [7, 11) is 2.07. The van der Waals surface area contributed by atoms with Crippen LogP contribution in [0.15, 0.2) is 24.3 Å². The predicted octanol–water partition coefficient (Wildman–Crippen LogP) is 2.86. The van der Waals surface area contributed by atoms with E-state index in [9.17, 15) is 9.59 Å². The zero-order valence-electron chi connectivity index (χ0n) is 18.1. The molecular formula is C22H35N3O4. The standard InChI is InChI=1S/C17H25N3O2.C5H10O2/c1-19-10-12-20(13-11-19)17(21)22-16-4-2-14(3-5-16)15-6-8-18-9-7-15;1-5(2,3)7-4-6/h2-5,15,18H,6-13H2,1H3;4H,1-3H3. The molecule has 2 fully saturated rings. The van der Waals surface area contributed by atoms with Crippen molar-refractivity contribution in [2.75, 3.05) is 46.3 Å². The maximum Gasteiger partial charge on any atom is 0.415 e. The number of piperidine rings is 1. The summed E-state index contributed by atoms with van der Waals surface area (Å²) in [6, 6.07) is 8.04. The monoisotopic (exact) mass is 405 g/mol. The Morgan fingerprint density at radius 1 is 1.07 bits per heavy atom. The van der Waals surface area contributed by atoms with Crippen molar-refractivity contribution in [2.45, 2.75) is 45.1 Å². The van der Waals surface area contributed by atoms with Crippen molar-refractivity contribution in [2.24, 2.45) is 0 Å². The number of hydrogen-bond acceptors (Lipinski definition) is 6. The molecule has 1 N–H and O–H groups in total. The van der Waals surface area contributed by atoms with Gasteiger partial charge in [0.15, 0.2) is 0 Å². The summed E-state index contributed by atoms with van der Waals surface area (Å²) >= 11 is 0. The molecule has 1 aromatic rings. The van der Waals surface area contributed by atoms with Crippen LogP contribution in [0.4, 0.5) is 4.79 Å². The summed E-state index contributed by atoms with van der Waals surface area (Å²) in [6.45, 7) is 11.4. The SMILES string of the molecule is CC(C)(C)OC=O.CN1CCN(C(=O)Oc2ccc(C3CCNCC3)cc2)CC1. The van der Waals surface area contributed by atoms with E-state index in [0.717, 1.165) is 39.3 Å². The van der Waals surface area contributed by atoms with E-state index < -0.39 is 0 Å². The Balaban J connectivity index is 0.000000370. The van der Waals surface area contributed by atoms with E-state index in [1.54, 1.807) is 4.90 Å². The van der Waals surface area contributed by atoms with Crippen molar-refractivity contribution in [1.82, 2.24) is 15.1 Å². The molecule has 3 rings (SSSR count). The van der Waals surface area contributed by atoms with Gasteiger partial charge in [0.25, 0.3) is 6.47 Å². The lowest BCUT2D eigenvalue weighted by molar-refractivity contribution is -0.138. The van der Waals surface area contributed by atoms with E-state index in [1.807, 2.05) is 32.9 Å². The highest BCUT2D eigenvalue weighted by Crippen LogP contribution is 2.26. The molecule has 7 heteroatoms. The summed E-state index contributed by atoms with van der Waals surface area (Å²) in [6.07, 6.45) is 2.13. The van der Waals surface area contributed by atoms with Crippen LogP contribution in [0.3, 0.4) is 0 Å². The summed E-state index contributed by atoms with van der Waals surface area (Å²) in [4.78, 5) is 25.7. The van der Waals surface area contributed by atoms with E-state index in [0.29, 0.717) is 18.1 Å². The molecule has 162 valence electrons. The molecule has 0 aliphatic carbocycles. The fraction of sp³-hybridized carbons (Fsp3) is 0.636. The molecule has 0 bridgehead atoms. The van der Waals surface area contributed by atoms with Crippen molar-refractivity contribution in [1.29, 1.82) is 0 Å². The topological polar surface area (TPSA) is 71.1 Å². The molecule has 7 nitrogen and oxygen atoms in total. The van der Waals surface area contributed by atoms with Crippen LogP contribution < -0.4 is 10.1 Å².